The Bertz CT molecular complexity index is 652. The molecule has 1 saturated carbocycles. The number of nitrogens with zero attached hydrogens (tertiary/aromatic N) is 2. The van der Waals surface area contributed by atoms with Crippen LogP contribution in [0.25, 0.3) is 0 Å². The van der Waals surface area contributed by atoms with E-state index >= 15 is 0 Å². The van der Waals surface area contributed by atoms with Crippen molar-refractivity contribution in [1.29, 1.82) is 0 Å². The van der Waals surface area contributed by atoms with Gasteiger partial charge in [-0.1, -0.05) is 12.5 Å². The Labute approximate surface area is 150 Å². The molecular weight excluding hydrogens is 314 g/mol. The fourth-order valence-electron chi connectivity index (χ4n) is 4.11. The molecule has 138 valence electrons. The zero-order valence-electron chi connectivity index (χ0n) is 16.0. The van der Waals surface area contributed by atoms with E-state index in [0.29, 0.717) is 12.5 Å². The van der Waals surface area contributed by atoms with Gasteiger partial charge in [0, 0.05) is 43.5 Å². The first kappa shape index (κ1) is 18.2. The molecule has 0 spiro atoms. The van der Waals surface area contributed by atoms with E-state index in [-0.39, 0.29) is 12.0 Å². The molecule has 2 fully saturated rings. The molecule has 1 aliphatic carbocycles. The Balaban J connectivity index is 1.59. The first-order chi connectivity index (χ1) is 12.0. The van der Waals surface area contributed by atoms with Gasteiger partial charge >= 0.3 is 0 Å². The fourth-order valence-corrected chi connectivity index (χ4v) is 4.11. The summed E-state index contributed by atoms with van der Waals surface area (Å²) in [6.07, 6.45) is 7.39. The Hall–Kier alpha value is -1.62. The maximum Gasteiger partial charge on any atom is 0.243 e. The third-order valence-corrected chi connectivity index (χ3v) is 5.85. The Morgan fingerprint density at radius 3 is 2.68 bits per heavy atom. The molecule has 25 heavy (non-hydrogen) atoms. The number of aromatic nitrogens is 2. The minimum absolute atomic E-state index is 0.0391. The van der Waals surface area contributed by atoms with Gasteiger partial charge in [-0.2, -0.15) is 5.10 Å². The van der Waals surface area contributed by atoms with Crippen molar-refractivity contribution >= 4 is 5.91 Å². The van der Waals surface area contributed by atoms with Gasteiger partial charge < -0.3 is 10.1 Å². The molecule has 3 rings (SSSR count). The van der Waals surface area contributed by atoms with Gasteiger partial charge in [-0.15, -0.1) is 0 Å². The highest BCUT2D eigenvalue weighted by Gasteiger charge is 2.33. The van der Waals surface area contributed by atoms with Gasteiger partial charge in [0.15, 0.2) is 0 Å². The van der Waals surface area contributed by atoms with Gasteiger partial charge in [0.1, 0.15) is 0 Å². The minimum Gasteiger partial charge on any atom is -0.373 e. The second-order valence-electron chi connectivity index (χ2n) is 7.78. The van der Waals surface area contributed by atoms with Crippen LogP contribution in [0, 0.1) is 25.7 Å². The van der Waals surface area contributed by atoms with Gasteiger partial charge in [-0.3, -0.25) is 9.48 Å². The third-order valence-electron chi connectivity index (χ3n) is 5.85. The van der Waals surface area contributed by atoms with Gasteiger partial charge in [-0.05, 0) is 51.9 Å². The first-order valence-electron chi connectivity index (χ1n) is 9.54. The van der Waals surface area contributed by atoms with Gasteiger partial charge in [0.25, 0.3) is 0 Å². The number of allylic oxidation sites excluding steroid dienone is 1. The summed E-state index contributed by atoms with van der Waals surface area (Å²) in [7, 11) is 1.97. The number of carbonyl (C=O) groups is 1. The summed E-state index contributed by atoms with van der Waals surface area (Å²) in [5.41, 5.74) is 4.67. The van der Waals surface area contributed by atoms with Crippen LogP contribution in [0.15, 0.2) is 11.6 Å². The van der Waals surface area contributed by atoms with Crippen LogP contribution in [0.4, 0.5) is 0 Å². The number of hydrogen-bond donors (Lipinski definition) is 1. The second-order valence-corrected chi connectivity index (χ2v) is 7.78. The molecule has 0 aromatic carbocycles. The summed E-state index contributed by atoms with van der Waals surface area (Å²) in [5, 5.41) is 7.61. The van der Waals surface area contributed by atoms with Crippen LogP contribution in [0.1, 0.15) is 62.1 Å². The van der Waals surface area contributed by atoms with Gasteiger partial charge in [0.05, 0.1) is 11.8 Å². The van der Waals surface area contributed by atoms with Crippen LogP contribution in [0.5, 0.6) is 0 Å². The van der Waals surface area contributed by atoms with Crippen LogP contribution in [0.3, 0.4) is 0 Å². The highest BCUT2D eigenvalue weighted by molar-refractivity contribution is 5.88. The molecule has 0 bridgehead atoms. The fraction of sp³-hybridized carbons (Fsp3) is 0.700. The summed E-state index contributed by atoms with van der Waals surface area (Å²) in [6.45, 7) is 7.82. The molecule has 1 saturated heterocycles. The minimum atomic E-state index is 0.0391. The van der Waals surface area contributed by atoms with Crippen molar-refractivity contribution in [2.75, 3.05) is 13.2 Å². The van der Waals surface area contributed by atoms with E-state index < -0.39 is 0 Å². The number of amides is 1. The van der Waals surface area contributed by atoms with Crippen LogP contribution in [0.2, 0.25) is 0 Å². The predicted molar refractivity (Wildman–Crippen MR) is 98.2 cm³/mol. The molecule has 0 unspecified atom stereocenters. The summed E-state index contributed by atoms with van der Waals surface area (Å²) < 4.78 is 7.91. The lowest BCUT2D eigenvalue weighted by Crippen LogP contribution is -2.30. The molecule has 1 aromatic rings. The lowest BCUT2D eigenvalue weighted by atomic mass is 9.87. The summed E-state index contributed by atoms with van der Waals surface area (Å²) in [5.74, 6) is 1.16. The van der Waals surface area contributed by atoms with E-state index in [1.807, 2.05) is 24.7 Å². The quantitative estimate of drug-likeness (QED) is 0.851. The SMILES string of the molecule is Cc1nn(C)c(C)c1[C@H]1OCC[C@@H]1CNC(=O)C=C1CCC(C)CC1. The van der Waals surface area contributed by atoms with E-state index in [4.69, 9.17) is 4.74 Å². The number of rotatable bonds is 4. The molecule has 2 atom stereocenters. The number of ether oxygens (including phenoxy) is 1. The van der Waals surface area contributed by atoms with Crippen LogP contribution in [-0.2, 0) is 16.6 Å². The molecule has 5 nitrogen and oxygen atoms in total. The maximum absolute atomic E-state index is 12.3. The summed E-state index contributed by atoms with van der Waals surface area (Å²) >= 11 is 0. The second kappa shape index (κ2) is 7.73. The van der Waals surface area contributed by atoms with Crippen LogP contribution < -0.4 is 5.32 Å². The first-order valence-corrected chi connectivity index (χ1v) is 9.54. The van der Waals surface area contributed by atoms with Crippen LogP contribution in [-0.4, -0.2) is 28.8 Å². The molecule has 2 aliphatic rings. The molecular formula is C20H31N3O2. The van der Waals surface area contributed by atoms with Gasteiger partial charge in [0.2, 0.25) is 5.91 Å². The third kappa shape index (κ3) is 4.14. The zero-order chi connectivity index (χ0) is 18.0. The largest absolute Gasteiger partial charge is 0.373 e. The Morgan fingerprint density at radius 2 is 2.04 bits per heavy atom. The van der Waals surface area contributed by atoms with Crippen molar-refractivity contribution in [1.82, 2.24) is 15.1 Å². The molecule has 1 aromatic heterocycles. The van der Waals surface area contributed by atoms with Gasteiger partial charge in [-0.25, -0.2) is 0 Å². The maximum atomic E-state index is 12.3. The lowest BCUT2D eigenvalue weighted by Gasteiger charge is -2.21. The molecule has 1 N–H and O–H groups in total. The van der Waals surface area contributed by atoms with E-state index in [0.717, 1.165) is 43.2 Å². The predicted octanol–water partition coefficient (Wildman–Crippen LogP) is 3.37. The molecule has 1 aliphatic heterocycles. The van der Waals surface area contributed by atoms with Crippen molar-refractivity contribution in [3.63, 3.8) is 0 Å². The lowest BCUT2D eigenvalue weighted by molar-refractivity contribution is -0.116. The van der Waals surface area contributed by atoms with E-state index in [2.05, 4.69) is 24.3 Å². The summed E-state index contributed by atoms with van der Waals surface area (Å²) in [6, 6.07) is 0. The van der Waals surface area contributed by atoms with Crippen molar-refractivity contribution in [3.05, 3.63) is 28.6 Å². The average Bonchev–Trinajstić information content (AvgIpc) is 3.12. The zero-order valence-corrected chi connectivity index (χ0v) is 16.0. The van der Waals surface area contributed by atoms with Crippen molar-refractivity contribution in [3.8, 4) is 0 Å². The van der Waals surface area contributed by atoms with E-state index in [9.17, 15) is 4.79 Å². The topological polar surface area (TPSA) is 56.1 Å². The van der Waals surface area contributed by atoms with Crippen molar-refractivity contribution in [2.45, 2.75) is 59.0 Å². The van der Waals surface area contributed by atoms with Crippen LogP contribution >= 0.6 is 0 Å². The monoisotopic (exact) mass is 345 g/mol. The number of aryl methyl sites for hydroxylation is 2. The molecule has 5 heteroatoms. The standard InChI is InChI=1S/C20H31N3O2/c1-13-5-7-16(8-6-13)11-18(24)21-12-17-9-10-25-20(17)19-14(2)22-23(4)15(19)3/h11,13,17,20H,5-10,12H2,1-4H3,(H,21,24)/t13?,17-,20+/m1/s1. The molecule has 2 heterocycles. The Kier molecular flexibility index (Phi) is 5.62. The normalized spacial score (nSPS) is 26.7. The average molecular weight is 345 g/mol. The van der Waals surface area contributed by atoms with Crippen molar-refractivity contribution < 1.29 is 9.53 Å². The highest BCUT2D eigenvalue weighted by Crippen LogP contribution is 2.37. The molecule has 0 radical (unpaired) electrons. The smallest absolute Gasteiger partial charge is 0.243 e. The number of carbonyl (C=O) groups excluding carboxylic acids is 1. The van der Waals surface area contributed by atoms with Crippen molar-refractivity contribution in [2.24, 2.45) is 18.9 Å². The van der Waals surface area contributed by atoms with E-state index in [1.54, 1.807) is 0 Å². The Morgan fingerprint density at radius 1 is 1.32 bits per heavy atom. The van der Waals surface area contributed by atoms with E-state index in [1.165, 1.54) is 24.0 Å². The number of nitrogens with one attached hydrogen (secondary N) is 1. The number of hydrogen-bond acceptors (Lipinski definition) is 3. The summed E-state index contributed by atoms with van der Waals surface area (Å²) in [4.78, 5) is 12.3. The highest BCUT2D eigenvalue weighted by atomic mass is 16.5. The molecule has 1 amide bonds.